The number of amides is 2. The molecule has 30 heavy (non-hydrogen) atoms. The molecule has 0 radical (unpaired) electrons. The van der Waals surface area contributed by atoms with Gasteiger partial charge in [-0.2, -0.15) is 5.10 Å². The van der Waals surface area contributed by atoms with Gasteiger partial charge < -0.3 is 24.3 Å². The molecule has 1 fully saturated rings. The zero-order valence-electron chi connectivity index (χ0n) is 16.9. The summed E-state index contributed by atoms with van der Waals surface area (Å²) in [5, 5.41) is 6.98. The number of furan rings is 1. The normalized spacial score (nSPS) is 13.9. The number of hydrogen-bond acceptors (Lipinski definition) is 6. The van der Waals surface area contributed by atoms with Crippen LogP contribution in [0, 0.1) is 0 Å². The number of nitrogens with one attached hydrogen (secondary N) is 1. The van der Waals surface area contributed by atoms with Crippen molar-refractivity contribution in [3.05, 3.63) is 60.2 Å². The number of carbonyl (C=O) groups is 2. The van der Waals surface area contributed by atoms with Gasteiger partial charge >= 0.3 is 0 Å². The van der Waals surface area contributed by atoms with E-state index in [2.05, 4.69) is 15.3 Å². The second-order valence-corrected chi connectivity index (χ2v) is 6.95. The molecular weight excluding hydrogens is 386 g/mol. The van der Waals surface area contributed by atoms with Crippen LogP contribution in [0.5, 0.6) is 5.75 Å². The monoisotopic (exact) mass is 409 g/mol. The Labute approximate surface area is 173 Å². The molecule has 0 saturated carbocycles. The van der Waals surface area contributed by atoms with Crippen molar-refractivity contribution in [1.82, 2.24) is 14.7 Å². The van der Waals surface area contributed by atoms with Crippen molar-refractivity contribution in [3.63, 3.8) is 0 Å². The smallest absolute Gasteiger partial charge is 0.292 e. The minimum absolute atomic E-state index is 0.154. The molecule has 0 aliphatic carbocycles. The maximum absolute atomic E-state index is 12.9. The Morgan fingerprint density at radius 3 is 2.47 bits per heavy atom. The van der Waals surface area contributed by atoms with E-state index in [1.807, 2.05) is 24.3 Å². The lowest BCUT2D eigenvalue weighted by atomic mass is 10.2. The SMILES string of the molecule is COc1ccc(N2CCN(C(=O)c3cc(NC(=O)c4ccco4)n(C)n3)CC2)cc1. The van der Waals surface area contributed by atoms with Crippen LogP contribution in [0.2, 0.25) is 0 Å². The fraction of sp³-hybridized carbons (Fsp3) is 0.286. The largest absolute Gasteiger partial charge is 0.497 e. The summed E-state index contributed by atoms with van der Waals surface area (Å²) in [6.45, 7) is 2.64. The molecule has 0 spiro atoms. The molecule has 9 nitrogen and oxygen atoms in total. The molecule has 9 heteroatoms. The highest BCUT2D eigenvalue weighted by Gasteiger charge is 2.25. The van der Waals surface area contributed by atoms with Crippen LogP contribution in [0.1, 0.15) is 21.0 Å². The first kappa shape index (κ1) is 19.6. The summed E-state index contributed by atoms with van der Waals surface area (Å²) in [5.74, 6) is 0.890. The van der Waals surface area contributed by atoms with E-state index in [1.165, 1.54) is 10.9 Å². The number of rotatable bonds is 5. The van der Waals surface area contributed by atoms with E-state index in [9.17, 15) is 9.59 Å². The quantitative estimate of drug-likeness (QED) is 0.695. The predicted octanol–water partition coefficient (Wildman–Crippen LogP) is 2.24. The lowest BCUT2D eigenvalue weighted by Gasteiger charge is -2.35. The highest BCUT2D eigenvalue weighted by Crippen LogP contribution is 2.21. The second-order valence-electron chi connectivity index (χ2n) is 6.95. The number of carbonyl (C=O) groups excluding carboxylic acids is 2. The third kappa shape index (κ3) is 4.00. The maximum Gasteiger partial charge on any atom is 0.292 e. The Kier molecular flexibility index (Phi) is 5.42. The fourth-order valence-corrected chi connectivity index (χ4v) is 3.40. The highest BCUT2D eigenvalue weighted by molar-refractivity contribution is 6.02. The van der Waals surface area contributed by atoms with E-state index in [0.717, 1.165) is 24.5 Å². The minimum Gasteiger partial charge on any atom is -0.497 e. The average molecular weight is 409 g/mol. The molecule has 2 aromatic heterocycles. The second kappa shape index (κ2) is 8.32. The van der Waals surface area contributed by atoms with Crippen LogP contribution in [-0.4, -0.2) is 59.8 Å². The lowest BCUT2D eigenvalue weighted by Crippen LogP contribution is -2.48. The molecule has 4 rings (SSSR count). The fourth-order valence-electron chi connectivity index (χ4n) is 3.40. The third-order valence-electron chi connectivity index (χ3n) is 5.09. The number of aryl methyl sites for hydroxylation is 1. The minimum atomic E-state index is -0.393. The molecular formula is C21H23N5O4. The number of nitrogens with zero attached hydrogens (tertiary/aromatic N) is 4. The molecule has 0 unspecified atom stereocenters. The van der Waals surface area contributed by atoms with Crippen molar-refractivity contribution < 1.29 is 18.7 Å². The zero-order valence-corrected chi connectivity index (χ0v) is 16.9. The lowest BCUT2D eigenvalue weighted by molar-refractivity contribution is 0.0740. The Morgan fingerprint density at radius 1 is 1.10 bits per heavy atom. The van der Waals surface area contributed by atoms with Crippen LogP contribution in [0.3, 0.4) is 0 Å². The van der Waals surface area contributed by atoms with Crippen LogP contribution in [0.15, 0.2) is 53.1 Å². The van der Waals surface area contributed by atoms with Crippen molar-refractivity contribution in [3.8, 4) is 5.75 Å². The summed E-state index contributed by atoms with van der Waals surface area (Å²) < 4.78 is 11.8. The van der Waals surface area contributed by atoms with E-state index in [4.69, 9.17) is 9.15 Å². The summed E-state index contributed by atoms with van der Waals surface area (Å²) in [4.78, 5) is 29.1. The van der Waals surface area contributed by atoms with Crippen molar-refractivity contribution in [1.29, 1.82) is 0 Å². The molecule has 1 N–H and O–H groups in total. The van der Waals surface area contributed by atoms with E-state index < -0.39 is 5.91 Å². The first-order valence-electron chi connectivity index (χ1n) is 9.62. The van der Waals surface area contributed by atoms with E-state index in [0.29, 0.717) is 24.6 Å². The summed E-state index contributed by atoms with van der Waals surface area (Å²) in [6.07, 6.45) is 1.43. The predicted molar refractivity (Wildman–Crippen MR) is 111 cm³/mol. The van der Waals surface area contributed by atoms with Gasteiger partial charge in [-0.1, -0.05) is 0 Å². The van der Waals surface area contributed by atoms with E-state index >= 15 is 0 Å². The Bertz CT molecular complexity index is 1020. The van der Waals surface area contributed by atoms with Gasteiger partial charge in [0.05, 0.1) is 13.4 Å². The topological polar surface area (TPSA) is 92.8 Å². The third-order valence-corrected chi connectivity index (χ3v) is 5.09. The van der Waals surface area contributed by atoms with Gasteiger partial charge in [0.25, 0.3) is 11.8 Å². The molecule has 0 atom stereocenters. The molecule has 3 aromatic rings. The summed E-state index contributed by atoms with van der Waals surface area (Å²) >= 11 is 0. The highest BCUT2D eigenvalue weighted by atomic mass is 16.5. The first-order chi connectivity index (χ1) is 14.5. The molecule has 2 amide bonds. The standard InChI is InChI=1S/C21H23N5O4/c1-24-19(22-20(27)18-4-3-13-30-18)14-17(23-24)21(28)26-11-9-25(10-12-26)15-5-7-16(29-2)8-6-15/h3-8,13-14H,9-12H2,1-2H3,(H,22,27). The van der Waals surface area contributed by atoms with Gasteiger partial charge in [0.2, 0.25) is 0 Å². The summed E-state index contributed by atoms with van der Waals surface area (Å²) in [5.41, 5.74) is 1.40. The van der Waals surface area contributed by atoms with Crippen molar-refractivity contribution >= 4 is 23.3 Å². The molecule has 1 aliphatic rings. The Morgan fingerprint density at radius 2 is 1.83 bits per heavy atom. The van der Waals surface area contributed by atoms with Crippen LogP contribution in [-0.2, 0) is 7.05 Å². The zero-order chi connectivity index (χ0) is 21.1. The summed E-state index contributed by atoms with van der Waals surface area (Å²) in [6, 6.07) is 12.7. The number of aromatic nitrogens is 2. The van der Waals surface area contributed by atoms with E-state index in [1.54, 1.807) is 37.3 Å². The van der Waals surface area contributed by atoms with Gasteiger partial charge in [-0.05, 0) is 36.4 Å². The molecule has 1 aliphatic heterocycles. The van der Waals surface area contributed by atoms with Crippen LogP contribution >= 0.6 is 0 Å². The molecule has 1 saturated heterocycles. The number of benzene rings is 1. The van der Waals surface area contributed by atoms with Crippen molar-refractivity contribution in [2.75, 3.05) is 43.5 Å². The average Bonchev–Trinajstić information content (AvgIpc) is 3.44. The van der Waals surface area contributed by atoms with Crippen LogP contribution < -0.4 is 15.0 Å². The van der Waals surface area contributed by atoms with Crippen molar-refractivity contribution in [2.45, 2.75) is 0 Å². The maximum atomic E-state index is 12.9. The molecule has 3 heterocycles. The van der Waals surface area contributed by atoms with Crippen molar-refractivity contribution in [2.24, 2.45) is 7.05 Å². The van der Waals surface area contributed by atoms with Gasteiger partial charge in [-0.3, -0.25) is 14.3 Å². The van der Waals surface area contributed by atoms with Crippen LogP contribution in [0.4, 0.5) is 11.5 Å². The van der Waals surface area contributed by atoms with Gasteiger partial charge in [0, 0.05) is 45.0 Å². The number of methoxy groups -OCH3 is 1. The molecule has 0 bridgehead atoms. The van der Waals surface area contributed by atoms with Gasteiger partial charge in [-0.15, -0.1) is 0 Å². The number of anilines is 2. The molecule has 1 aromatic carbocycles. The van der Waals surface area contributed by atoms with E-state index in [-0.39, 0.29) is 11.7 Å². The first-order valence-corrected chi connectivity index (χ1v) is 9.62. The summed E-state index contributed by atoms with van der Waals surface area (Å²) in [7, 11) is 3.32. The van der Waals surface area contributed by atoms with Gasteiger partial charge in [0.15, 0.2) is 11.5 Å². The van der Waals surface area contributed by atoms with Crippen LogP contribution in [0.25, 0.3) is 0 Å². The van der Waals surface area contributed by atoms with Gasteiger partial charge in [-0.25, -0.2) is 0 Å². The number of piperazine rings is 1. The Hall–Kier alpha value is -3.75. The number of ether oxygens (including phenoxy) is 1. The molecule has 156 valence electrons. The Balaban J connectivity index is 1.37. The number of hydrogen-bond donors (Lipinski definition) is 1. The van der Waals surface area contributed by atoms with Gasteiger partial charge in [0.1, 0.15) is 11.6 Å².